The van der Waals surface area contributed by atoms with Gasteiger partial charge in [-0.15, -0.1) is 0 Å². The van der Waals surface area contributed by atoms with Crippen LogP contribution in [-0.4, -0.2) is 47.2 Å². The van der Waals surface area contributed by atoms with Crippen molar-refractivity contribution < 1.29 is 47.5 Å². The minimum atomic E-state index is -0.760. The van der Waals surface area contributed by atoms with Crippen molar-refractivity contribution in [1.29, 1.82) is 0 Å². The standard InChI is InChI=1S/C30H38O10/c1-10-14(2)30(32)40-25-16(4)15(3)24(39-17(5)31)18-11-20(33-6)26(34-7)28(35-8)22(18)23-19(25)12-21-27(29(23)36-9)38-13-37-21/h11-12,14-16,24-25H,10,13H2,1-9H3/t14?,15-,16+,24+,25+/m0/s1. The molecule has 4 rings (SSSR count). The first-order chi connectivity index (χ1) is 19.1. The summed E-state index contributed by atoms with van der Waals surface area (Å²) in [5, 5.41) is 0. The van der Waals surface area contributed by atoms with E-state index in [-0.39, 0.29) is 30.5 Å². The van der Waals surface area contributed by atoms with Gasteiger partial charge in [-0.1, -0.05) is 27.7 Å². The van der Waals surface area contributed by atoms with Crippen molar-refractivity contribution in [2.24, 2.45) is 17.8 Å². The number of rotatable bonds is 8. The Balaban J connectivity index is 2.19. The van der Waals surface area contributed by atoms with Crippen LogP contribution < -0.4 is 28.4 Å². The Morgan fingerprint density at radius 3 is 1.98 bits per heavy atom. The summed E-state index contributed by atoms with van der Waals surface area (Å²) in [5.41, 5.74) is 2.36. The van der Waals surface area contributed by atoms with Crippen LogP contribution in [0.25, 0.3) is 11.1 Å². The zero-order valence-corrected chi connectivity index (χ0v) is 24.5. The Hall–Kier alpha value is -3.82. The molecule has 1 heterocycles. The molecular weight excluding hydrogens is 520 g/mol. The third kappa shape index (κ3) is 4.84. The Labute approximate surface area is 234 Å². The summed E-state index contributed by atoms with van der Waals surface area (Å²) in [6, 6.07) is 3.61. The van der Waals surface area contributed by atoms with Gasteiger partial charge < -0.3 is 37.9 Å². The van der Waals surface area contributed by atoms with Crippen LogP contribution in [0.1, 0.15) is 64.4 Å². The highest BCUT2D eigenvalue weighted by Crippen LogP contribution is 2.60. The molecule has 0 bridgehead atoms. The van der Waals surface area contributed by atoms with Gasteiger partial charge in [0.25, 0.3) is 0 Å². The van der Waals surface area contributed by atoms with Gasteiger partial charge in [0, 0.05) is 41.0 Å². The molecule has 5 atom stereocenters. The third-order valence-electron chi connectivity index (χ3n) is 7.91. The van der Waals surface area contributed by atoms with Crippen molar-refractivity contribution in [3.63, 3.8) is 0 Å². The van der Waals surface area contributed by atoms with E-state index < -0.39 is 18.2 Å². The Morgan fingerprint density at radius 1 is 0.850 bits per heavy atom. The van der Waals surface area contributed by atoms with E-state index >= 15 is 0 Å². The zero-order chi connectivity index (χ0) is 29.3. The summed E-state index contributed by atoms with van der Waals surface area (Å²) in [5.74, 6) is 0.571. The summed E-state index contributed by atoms with van der Waals surface area (Å²) < 4.78 is 47.2. The molecule has 0 N–H and O–H groups in total. The fraction of sp³-hybridized carbons (Fsp3) is 0.533. The summed E-state index contributed by atoms with van der Waals surface area (Å²) in [4.78, 5) is 25.7. The van der Waals surface area contributed by atoms with Crippen molar-refractivity contribution in [3.05, 3.63) is 23.3 Å². The van der Waals surface area contributed by atoms with Crippen LogP contribution in [0.4, 0.5) is 0 Å². The molecule has 0 radical (unpaired) electrons. The van der Waals surface area contributed by atoms with Gasteiger partial charge in [0.2, 0.25) is 18.3 Å². The summed E-state index contributed by atoms with van der Waals surface area (Å²) in [6.45, 7) is 9.06. The molecule has 1 unspecified atom stereocenters. The van der Waals surface area contributed by atoms with Crippen LogP contribution in [0.15, 0.2) is 12.1 Å². The molecule has 0 spiro atoms. The van der Waals surface area contributed by atoms with Crippen molar-refractivity contribution in [2.45, 2.75) is 53.2 Å². The van der Waals surface area contributed by atoms with Crippen molar-refractivity contribution in [2.75, 3.05) is 35.2 Å². The lowest BCUT2D eigenvalue weighted by molar-refractivity contribution is -0.162. The van der Waals surface area contributed by atoms with E-state index in [2.05, 4.69) is 0 Å². The maximum atomic E-state index is 13.2. The minimum Gasteiger partial charge on any atom is -0.493 e. The van der Waals surface area contributed by atoms with Crippen LogP contribution in [0, 0.1) is 17.8 Å². The molecule has 0 saturated heterocycles. The van der Waals surface area contributed by atoms with Gasteiger partial charge >= 0.3 is 11.9 Å². The van der Waals surface area contributed by atoms with Crippen LogP contribution in [-0.2, 0) is 19.1 Å². The second kappa shape index (κ2) is 11.7. The Bertz CT molecular complexity index is 1290. The molecule has 0 aromatic heterocycles. The third-order valence-corrected chi connectivity index (χ3v) is 7.91. The number of fused-ring (bicyclic) bond motifs is 4. The molecule has 40 heavy (non-hydrogen) atoms. The number of benzene rings is 2. The van der Waals surface area contributed by atoms with E-state index in [1.54, 1.807) is 6.07 Å². The molecule has 2 aliphatic rings. The Morgan fingerprint density at radius 2 is 1.43 bits per heavy atom. The van der Waals surface area contributed by atoms with E-state index in [0.717, 1.165) is 0 Å². The monoisotopic (exact) mass is 558 g/mol. The van der Waals surface area contributed by atoms with Crippen molar-refractivity contribution in [1.82, 2.24) is 0 Å². The first kappa shape index (κ1) is 29.2. The molecule has 10 nitrogen and oxygen atoms in total. The fourth-order valence-corrected chi connectivity index (χ4v) is 5.41. The largest absolute Gasteiger partial charge is 0.493 e. The van der Waals surface area contributed by atoms with E-state index in [9.17, 15) is 9.59 Å². The van der Waals surface area contributed by atoms with Gasteiger partial charge in [0.1, 0.15) is 12.2 Å². The van der Waals surface area contributed by atoms with Gasteiger partial charge in [-0.05, 0) is 18.6 Å². The lowest BCUT2D eigenvalue weighted by Gasteiger charge is -2.39. The highest BCUT2D eigenvalue weighted by atomic mass is 16.7. The maximum Gasteiger partial charge on any atom is 0.309 e. The second-order valence-electron chi connectivity index (χ2n) is 10.1. The van der Waals surface area contributed by atoms with Gasteiger partial charge in [0.05, 0.1) is 34.4 Å². The molecule has 218 valence electrons. The topological polar surface area (TPSA) is 108 Å². The van der Waals surface area contributed by atoms with Gasteiger partial charge in [-0.2, -0.15) is 0 Å². The summed E-state index contributed by atoms with van der Waals surface area (Å²) >= 11 is 0. The molecule has 2 aromatic carbocycles. The highest BCUT2D eigenvalue weighted by molar-refractivity contribution is 5.89. The molecule has 0 fully saturated rings. The van der Waals surface area contributed by atoms with Crippen LogP contribution >= 0.6 is 0 Å². The van der Waals surface area contributed by atoms with Crippen molar-refractivity contribution in [3.8, 4) is 45.6 Å². The fourth-order valence-electron chi connectivity index (χ4n) is 5.41. The maximum absolute atomic E-state index is 13.2. The van der Waals surface area contributed by atoms with E-state index in [1.165, 1.54) is 35.4 Å². The lowest BCUT2D eigenvalue weighted by atomic mass is 9.74. The predicted octanol–water partition coefficient (Wildman–Crippen LogP) is 5.64. The summed E-state index contributed by atoms with van der Waals surface area (Å²) in [7, 11) is 6.08. The second-order valence-corrected chi connectivity index (χ2v) is 10.1. The number of hydrogen-bond acceptors (Lipinski definition) is 10. The number of methoxy groups -OCH3 is 4. The minimum absolute atomic E-state index is 0.00383. The zero-order valence-electron chi connectivity index (χ0n) is 24.5. The number of carbonyl (C=O) groups is 2. The Kier molecular flexibility index (Phi) is 8.56. The van der Waals surface area contributed by atoms with Gasteiger partial charge in [-0.25, -0.2) is 0 Å². The first-order valence-corrected chi connectivity index (χ1v) is 13.3. The number of esters is 2. The average Bonchev–Trinajstić information content (AvgIpc) is 3.43. The van der Waals surface area contributed by atoms with Crippen LogP contribution in [0.5, 0.6) is 34.5 Å². The predicted molar refractivity (Wildman–Crippen MR) is 145 cm³/mol. The lowest BCUT2D eigenvalue weighted by Crippen LogP contribution is -2.32. The number of ether oxygens (including phenoxy) is 8. The normalized spacial score (nSPS) is 21.6. The quantitative estimate of drug-likeness (QED) is 0.378. The first-order valence-electron chi connectivity index (χ1n) is 13.3. The molecular formula is C30H38O10. The molecule has 2 aromatic rings. The molecule has 0 saturated carbocycles. The van der Waals surface area contributed by atoms with Crippen LogP contribution in [0.2, 0.25) is 0 Å². The summed E-state index contributed by atoms with van der Waals surface area (Å²) in [6.07, 6.45) is -0.889. The smallest absolute Gasteiger partial charge is 0.309 e. The van der Waals surface area contributed by atoms with Gasteiger partial charge in [-0.3, -0.25) is 9.59 Å². The number of hydrogen-bond donors (Lipinski definition) is 0. The van der Waals surface area contributed by atoms with Gasteiger partial charge in [0.15, 0.2) is 23.0 Å². The molecule has 1 aliphatic carbocycles. The molecule has 10 heteroatoms. The molecule has 1 aliphatic heterocycles. The van der Waals surface area contributed by atoms with E-state index in [4.69, 9.17) is 37.9 Å². The van der Waals surface area contributed by atoms with Crippen LogP contribution in [0.3, 0.4) is 0 Å². The van der Waals surface area contributed by atoms with Crippen molar-refractivity contribution >= 4 is 11.9 Å². The highest BCUT2D eigenvalue weighted by Gasteiger charge is 2.44. The average molecular weight is 559 g/mol. The van der Waals surface area contributed by atoms with E-state index in [0.29, 0.717) is 63.2 Å². The van der Waals surface area contributed by atoms with E-state index in [1.807, 2.05) is 33.8 Å². The number of carbonyl (C=O) groups excluding carboxylic acids is 2. The SMILES string of the molecule is CCC(C)C(=O)O[C@H]1c2cc3c(c(OC)c2-c2c(cc(OC)c(OC)c2OC)[C@H](OC(C)=O)[C@@H](C)[C@H]1C)OCO3. The molecule has 0 amide bonds.